The van der Waals surface area contributed by atoms with Crippen molar-refractivity contribution < 1.29 is 9.53 Å². The first-order valence-electron chi connectivity index (χ1n) is 4.31. The van der Waals surface area contributed by atoms with Crippen LogP contribution in [0.25, 0.3) is 0 Å². The molecule has 72 valence electrons. The number of hydrogen-bond acceptors (Lipinski definition) is 4. The number of nitrogens with zero attached hydrogens (tertiary/aromatic N) is 1. The van der Waals surface area contributed by atoms with Gasteiger partial charge in [0.05, 0.1) is 6.07 Å². The molecule has 0 aromatic rings. The topological polar surface area (TPSA) is 74.2 Å². The van der Waals surface area contributed by atoms with Gasteiger partial charge in [-0.25, -0.2) is 0 Å². The number of nitrogens with one attached hydrogen (secondary N) is 2. The van der Waals surface area contributed by atoms with Gasteiger partial charge in [0.25, 0.3) is 5.91 Å². The van der Waals surface area contributed by atoms with E-state index < -0.39 is 6.10 Å². The smallest absolute Gasteiger partial charge is 0.251 e. The van der Waals surface area contributed by atoms with Crippen LogP contribution in [0.3, 0.4) is 0 Å². The Hall–Kier alpha value is -1.12. The highest BCUT2D eigenvalue weighted by Gasteiger charge is 2.19. The molecule has 1 saturated heterocycles. The summed E-state index contributed by atoms with van der Waals surface area (Å²) in [5.74, 6) is -0.212. The summed E-state index contributed by atoms with van der Waals surface area (Å²) in [6, 6.07) is 1.85. The highest BCUT2D eigenvalue weighted by atomic mass is 16.5. The quantitative estimate of drug-likeness (QED) is 0.539. The lowest BCUT2D eigenvalue weighted by molar-refractivity contribution is -0.131. The number of rotatable bonds is 2. The van der Waals surface area contributed by atoms with Gasteiger partial charge in [0.1, 0.15) is 12.6 Å². The van der Waals surface area contributed by atoms with Crippen LogP contribution in [0.2, 0.25) is 0 Å². The molecule has 0 bridgehead atoms. The third kappa shape index (κ3) is 3.40. The predicted molar refractivity (Wildman–Crippen MR) is 45.8 cm³/mol. The molecule has 0 radical (unpaired) electrons. The minimum absolute atomic E-state index is 0.0404. The van der Waals surface area contributed by atoms with Crippen molar-refractivity contribution in [2.24, 2.45) is 0 Å². The van der Waals surface area contributed by atoms with E-state index in [0.717, 1.165) is 13.0 Å². The van der Waals surface area contributed by atoms with Gasteiger partial charge < -0.3 is 15.4 Å². The Morgan fingerprint density at radius 2 is 2.62 bits per heavy atom. The van der Waals surface area contributed by atoms with Crippen LogP contribution in [0.1, 0.15) is 6.42 Å². The summed E-state index contributed by atoms with van der Waals surface area (Å²) < 4.78 is 5.28. The molecule has 0 saturated carbocycles. The van der Waals surface area contributed by atoms with E-state index in [1.165, 1.54) is 0 Å². The maximum absolute atomic E-state index is 11.3. The minimum atomic E-state index is -0.448. The lowest BCUT2D eigenvalue weighted by Gasteiger charge is -2.12. The second-order valence-electron chi connectivity index (χ2n) is 2.79. The van der Waals surface area contributed by atoms with Crippen LogP contribution in [-0.2, 0) is 9.53 Å². The van der Waals surface area contributed by atoms with Gasteiger partial charge in [0.15, 0.2) is 0 Å². The first-order chi connectivity index (χ1) is 6.34. The summed E-state index contributed by atoms with van der Waals surface area (Å²) in [4.78, 5) is 11.3. The van der Waals surface area contributed by atoms with Crippen LogP contribution >= 0.6 is 0 Å². The Morgan fingerprint density at radius 3 is 3.38 bits per heavy atom. The average Bonchev–Trinajstić information content (AvgIpc) is 2.42. The first-order valence-corrected chi connectivity index (χ1v) is 4.31. The number of carbonyl (C=O) groups is 1. The zero-order valence-corrected chi connectivity index (χ0v) is 7.38. The van der Waals surface area contributed by atoms with Crippen molar-refractivity contribution in [3.8, 4) is 6.07 Å². The molecule has 5 heteroatoms. The largest absolute Gasteiger partial charge is 0.367 e. The summed E-state index contributed by atoms with van der Waals surface area (Å²) >= 11 is 0. The maximum atomic E-state index is 11.3. The second kappa shape index (κ2) is 5.51. The van der Waals surface area contributed by atoms with Crippen LogP contribution in [0.5, 0.6) is 0 Å². The Morgan fingerprint density at radius 1 is 1.77 bits per heavy atom. The van der Waals surface area contributed by atoms with Gasteiger partial charge in [-0.15, -0.1) is 0 Å². The molecular weight excluding hydrogens is 170 g/mol. The van der Waals surface area contributed by atoms with E-state index in [1.54, 1.807) is 0 Å². The van der Waals surface area contributed by atoms with Gasteiger partial charge in [0.2, 0.25) is 0 Å². The Kier molecular flexibility index (Phi) is 4.23. The standard InChI is InChI=1S/C8H13N3O2/c9-2-4-11-8(12)7-6-10-3-1-5-13-7/h7,10H,1,3-6H2,(H,11,12). The van der Waals surface area contributed by atoms with Crippen LogP contribution in [0, 0.1) is 11.3 Å². The molecule has 0 aromatic heterocycles. The fraction of sp³-hybridized carbons (Fsp3) is 0.750. The molecule has 1 rings (SSSR count). The SMILES string of the molecule is N#CCNC(=O)C1CNCCCO1. The number of carbonyl (C=O) groups excluding carboxylic acids is 1. The molecule has 1 amide bonds. The van der Waals surface area contributed by atoms with Crippen molar-refractivity contribution in [3.05, 3.63) is 0 Å². The average molecular weight is 183 g/mol. The molecule has 1 fully saturated rings. The van der Waals surface area contributed by atoms with Crippen LogP contribution in [-0.4, -0.2) is 38.3 Å². The fourth-order valence-corrected chi connectivity index (χ4v) is 1.12. The molecule has 1 atom stereocenters. The molecule has 1 heterocycles. The van der Waals surface area contributed by atoms with Crippen molar-refractivity contribution in [1.29, 1.82) is 5.26 Å². The van der Waals surface area contributed by atoms with E-state index in [0.29, 0.717) is 13.2 Å². The number of nitriles is 1. The summed E-state index contributed by atoms with van der Waals surface area (Å²) in [6.07, 6.45) is 0.470. The highest BCUT2D eigenvalue weighted by Crippen LogP contribution is 1.97. The minimum Gasteiger partial charge on any atom is -0.367 e. The number of hydrogen-bond donors (Lipinski definition) is 2. The van der Waals surface area contributed by atoms with E-state index in [-0.39, 0.29) is 12.5 Å². The van der Waals surface area contributed by atoms with Gasteiger partial charge >= 0.3 is 0 Å². The molecule has 0 aliphatic carbocycles. The lowest BCUT2D eigenvalue weighted by Crippen LogP contribution is -2.41. The zero-order chi connectivity index (χ0) is 9.52. The monoisotopic (exact) mass is 183 g/mol. The molecule has 1 aliphatic rings. The van der Waals surface area contributed by atoms with Crippen molar-refractivity contribution >= 4 is 5.91 Å². The molecule has 13 heavy (non-hydrogen) atoms. The molecule has 2 N–H and O–H groups in total. The van der Waals surface area contributed by atoms with Gasteiger partial charge in [-0.3, -0.25) is 4.79 Å². The lowest BCUT2D eigenvalue weighted by atomic mass is 10.3. The van der Waals surface area contributed by atoms with Gasteiger partial charge in [0, 0.05) is 13.2 Å². The van der Waals surface area contributed by atoms with E-state index >= 15 is 0 Å². The highest BCUT2D eigenvalue weighted by molar-refractivity contribution is 5.81. The Labute approximate surface area is 77.1 Å². The number of amides is 1. The molecule has 1 aliphatic heterocycles. The second-order valence-corrected chi connectivity index (χ2v) is 2.79. The van der Waals surface area contributed by atoms with Gasteiger partial charge in [-0.2, -0.15) is 5.26 Å². The first kappa shape index (κ1) is 9.96. The van der Waals surface area contributed by atoms with Crippen molar-refractivity contribution in [1.82, 2.24) is 10.6 Å². The summed E-state index contributed by atoms with van der Waals surface area (Å²) in [6.45, 7) is 2.04. The van der Waals surface area contributed by atoms with E-state index in [1.807, 2.05) is 6.07 Å². The normalized spacial score (nSPS) is 22.8. The molecular formula is C8H13N3O2. The Bertz CT molecular complexity index is 204. The van der Waals surface area contributed by atoms with Crippen LogP contribution in [0.15, 0.2) is 0 Å². The van der Waals surface area contributed by atoms with Crippen LogP contribution < -0.4 is 10.6 Å². The molecule has 0 spiro atoms. The third-order valence-electron chi connectivity index (χ3n) is 1.78. The molecule has 5 nitrogen and oxygen atoms in total. The summed E-state index contributed by atoms with van der Waals surface area (Å²) in [5, 5.41) is 13.8. The van der Waals surface area contributed by atoms with Crippen molar-refractivity contribution in [2.45, 2.75) is 12.5 Å². The molecule has 0 aromatic carbocycles. The van der Waals surface area contributed by atoms with Crippen LogP contribution in [0.4, 0.5) is 0 Å². The maximum Gasteiger partial charge on any atom is 0.251 e. The fourth-order valence-electron chi connectivity index (χ4n) is 1.12. The van der Waals surface area contributed by atoms with E-state index in [2.05, 4.69) is 10.6 Å². The third-order valence-corrected chi connectivity index (χ3v) is 1.78. The van der Waals surface area contributed by atoms with Crippen molar-refractivity contribution in [2.75, 3.05) is 26.2 Å². The summed E-state index contributed by atoms with van der Waals surface area (Å²) in [5.41, 5.74) is 0. The summed E-state index contributed by atoms with van der Waals surface area (Å²) in [7, 11) is 0. The van der Waals surface area contributed by atoms with Gasteiger partial charge in [-0.1, -0.05) is 0 Å². The Balaban J connectivity index is 2.31. The predicted octanol–water partition coefficient (Wildman–Crippen LogP) is -0.995. The van der Waals surface area contributed by atoms with Gasteiger partial charge in [-0.05, 0) is 13.0 Å². The number of ether oxygens (including phenoxy) is 1. The van der Waals surface area contributed by atoms with E-state index in [9.17, 15) is 4.79 Å². The molecule has 1 unspecified atom stereocenters. The zero-order valence-electron chi connectivity index (χ0n) is 7.38. The van der Waals surface area contributed by atoms with E-state index in [4.69, 9.17) is 10.00 Å². The van der Waals surface area contributed by atoms with Crippen molar-refractivity contribution in [3.63, 3.8) is 0 Å².